The summed E-state index contributed by atoms with van der Waals surface area (Å²) in [5.41, 5.74) is -0.475. The number of carbonyl (C=O) groups excluding carboxylic acids is 2. The van der Waals surface area contributed by atoms with Crippen molar-refractivity contribution >= 4 is 11.9 Å². The van der Waals surface area contributed by atoms with Crippen molar-refractivity contribution in [2.24, 2.45) is 5.92 Å². The molecule has 0 aromatic carbocycles. The van der Waals surface area contributed by atoms with Crippen LogP contribution in [-0.4, -0.2) is 35.0 Å². The normalized spacial score (nSPS) is 28.4. The maximum atomic E-state index is 12.3. The molecule has 1 aliphatic carbocycles. The molecule has 0 spiro atoms. The van der Waals surface area contributed by atoms with Gasteiger partial charge in [0.15, 0.2) is 0 Å². The van der Waals surface area contributed by atoms with Crippen molar-refractivity contribution in [1.29, 1.82) is 0 Å². The summed E-state index contributed by atoms with van der Waals surface area (Å²) in [7, 11) is 0. The summed E-state index contributed by atoms with van der Waals surface area (Å²) in [4.78, 5) is 26.4. The highest BCUT2D eigenvalue weighted by molar-refractivity contribution is 5.82. The third-order valence-corrected chi connectivity index (χ3v) is 4.24. The number of hydrogen-bond donors (Lipinski definition) is 0. The number of ketones is 1. The van der Waals surface area contributed by atoms with Crippen LogP contribution in [0.3, 0.4) is 0 Å². The molecule has 1 saturated heterocycles. The Balaban J connectivity index is 2.06. The zero-order valence-corrected chi connectivity index (χ0v) is 13.0. The van der Waals surface area contributed by atoms with Crippen LogP contribution in [0, 0.1) is 5.92 Å². The van der Waals surface area contributed by atoms with Crippen LogP contribution in [0.25, 0.3) is 0 Å². The second kappa shape index (κ2) is 6.15. The van der Waals surface area contributed by atoms with Gasteiger partial charge in [-0.3, -0.25) is 4.79 Å². The molecule has 2 rings (SSSR count). The molecule has 1 aliphatic heterocycles. The molecule has 0 N–H and O–H groups in total. The number of rotatable bonds is 1. The van der Waals surface area contributed by atoms with E-state index in [1.54, 1.807) is 4.90 Å². The van der Waals surface area contributed by atoms with Gasteiger partial charge in [-0.2, -0.15) is 0 Å². The van der Waals surface area contributed by atoms with Crippen LogP contribution < -0.4 is 0 Å². The average molecular weight is 281 g/mol. The van der Waals surface area contributed by atoms with Gasteiger partial charge < -0.3 is 9.64 Å². The minimum absolute atomic E-state index is 0.0347. The van der Waals surface area contributed by atoms with Crippen molar-refractivity contribution in [3.05, 3.63) is 0 Å². The number of hydrogen-bond acceptors (Lipinski definition) is 3. The Labute approximate surface area is 121 Å². The minimum atomic E-state index is -0.475. The van der Waals surface area contributed by atoms with Crippen LogP contribution in [0.4, 0.5) is 4.79 Å². The van der Waals surface area contributed by atoms with E-state index in [9.17, 15) is 9.59 Å². The molecule has 1 saturated carbocycles. The van der Waals surface area contributed by atoms with E-state index < -0.39 is 5.60 Å². The maximum absolute atomic E-state index is 12.3. The molecular formula is C16H27NO3. The number of amides is 1. The monoisotopic (exact) mass is 281 g/mol. The summed E-state index contributed by atoms with van der Waals surface area (Å²) < 4.78 is 5.48. The fourth-order valence-corrected chi connectivity index (χ4v) is 3.35. The third-order valence-electron chi connectivity index (χ3n) is 4.24. The summed E-state index contributed by atoms with van der Waals surface area (Å²) in [5, 5.41) is 0. The van der Waals surface area contributed by atoms with E-state index in [0.717, 1.165) is 45.1 Å². The van der Waals surface area contributed by atoms with E-state index in [2.05, 4.69) is 0 Å². The number of ether oxygens (including phenoxy) is 1. The number of likely N-dealkylation sites (tertiary alicyclic amines) is 1. The van der Waals surface area contributed by atoms with Gasteiger partial charge in [0.05, 0.1) is 0 Å². The van der Waals surface area contributed by atoms with Crippen LogP contribution in [0.15, 0.2) is 0 Å². The molecule has 4 nitrogen and oxygen atoms in total. The lowest BCUT2D eigenvalue weighted by Gasteiger charge is -2.32. The molecule has 4 heteroatoms. The Morgan fingerprint density at radius 2 is 1.90 bits per heavy atom. The Hall–Kier alpha value is -1.06. The molecule has 20 heavy (non-hydrogen) atoms. The van der Waals surface area contributed by atoms with Crippen LogP contribution in [0.5, 0.6) is 0 Å². The van der Waals surface area contributed by atoms with Crippen molar-refractivity contribution in [3.8, 4) is 0 Å². The fourth-order valence-electron chi connectivity index (χ4n) is 3.35. The molecule has 2 fully saturated rings. The zero-order valence-electron chi connectivity index (χ0n) is 13.0. The lowest BCUT2D eigenvalue weighted by molar-refractivity contribution is -0.124. The highest BCUT2D eigenvalue weighted by atomic mass is 16.6. The summed E-state index contributed by atoms with van der Waals surface area (Å²) in [5.74, 6) is 0.385. The highest BCUT2D eigenvalue weighted by Gasteiger charge is 2.39. The summed E-state index contributed by atoms with van der Waals surface area (Å²) >= 11 is 0. The molecule has 2 unspecified atom stereocenters. The predicted octanol–water partition coefficient (Wildman–Crippen LogP) is 3.54. The van der Waals surface area contributed by atoms with Crippen LogP contribution in [0.1, 0.15) is 65.7 Å². The van der Waals surface area contributed by atoms with E-state index in [0.29, 0.717) is 12.2 Å². The molecule has 2 aliphatic rings. The van der Waals surface area contributed by atoms with Crippen LogP contribution in [-0.2, 0) is 9.53 Å². The first kappa shape index (κ1) is 15.3. The van der Waals surface area contributed by atoms with E-state index in [4.69, 9.17) is 4.74 Å². The molecule has 114 valence electrons. The third kappa shape index (κ3) is 3.74. The lowest BCUT2D eigenvalue weighted by atomic mass is 9.89. The molecular weight excluding hydrogens is 254 g/mol. The molecule has 0 aromatic heterocycles. The molecule has 0 aromatic rings. The Morgan fingerprint density at radius 3 is 2.60 bits per heavy atom. The first-order chi connectivity index (χ1) is 9.38. The largest absolute Gasteiger partial charge is 0.444 e. The van der Waals surface area contributed by atoms with Crippen LogP contribution >= 0.6 is 0 Å². The summed E-state index contributed by atoms with van der Waals surface area (Å²) in [6, 6.07) is 0.0652. The van der Waals surface area contributed by atoms with Gasteiger partial charge in [-0.15, -0.1) is 0 Å². The van der Waals surface area contributed by atoms with E-state index in [1.165, 1.54) is 0 Å². The van der Waals surface area contributed by atoms with E-state index in [1.807, 2.05) is 20.8 Å². The minimum Gasteiger partial charge on any atom is -0.444 e. The average Bonchev–Trinajstić information content (AvgIpc) is 2.71. The second-order valence-electron chi connectivity index (χ2n) is 7.06. The molecule has 2 atom stereocenters. The van der Waals surface area contributed by atoms with Crippen molar-refractivity contribution in [1.82, 2.24) is 4.90 Å². The fraction of sp³-hybridized carbons (Fsp3) is 0.875. The van der Waals surface area contributed by atoms with E-state index in [-0.39, 0.29) is 18.1 Å². The lowest BCUT2D eigenvalue weighted by Crippen LogP contribution is -2.44. The first-order valence-electron chi connectivity index (χ1n) is 7.91. The van der Waals surface area contributed by atoms with Gasteiger partial charge in [0, 0.05) is 24.9 Å². The maximum Gasteiger partial charge on any atom is 0.410 e. The van der Waals surface area contributed by atoms with Crippen LogP contribution in [0.2, 0.25) is 0 Å². The SMILES string of the molecule is CC(C)(C)OC(=O)N1CCCC1C1CCCCCC1=O. The van der Waals surface area contributed by atoms with Crippen molar-refractivity contribution in [3.63, 3.8) is 0 Å². The van der Waals surface area contributed by atoms with Gasteiger partial charge in [0.1, 0.15) is 11.4 Å². The molecule has 1 amide bonds. The summed E-state index contributed by atoms with van der Waals surface area (Å²) in [6.07, 6.45) is 6.54. The first-order valence-corrected chi connectivity index (χ1v) is 7.91. The van der Waals surface area contributed by atoms with Gasteiger partial charge in [-0.1, -0.05) is 12.8 Å². The topological polar surface area (TPSA) is 46.6 Å². The zero-order chi connectivity index (χ0) is 14.8. The second-order valence-corrected chi connectivity index (χ2v) is 7.06. The van der Waals surface area contributed by atoms with Gasteiger partial charge in [-0.05, 0) is 46.5 Å². The smallest absolute Gasteiger partial charge is 0.410 e. The van der Waals surface area contributed by atoms with Crippen molar-refractivity contribution in [2.75, 3.05) is 6.54 Å². The number of Topliss-reactive ketones (excluding diaryl/α,β-unsaturated/α-hetero) is 1. The Bertz CT molecular complexity index is 372. The van der Waals surface area contributed by atoms with Gasteiger partial charge >= 0.3 is 6.09 Å². The predicted molar refractivity (Wildman–Crippen MR) is 77.5 cm³/mol. The van der Waals surface area contributed by atoms with Gasteiger partial charge in [0.25, 0.3) is 0 Å². The quantitative estimate of drug-likeness (QED) is 0.691. The van der Waals surface area contributed by atoms with Crippen molar-refractivity contribution < 1.29 is 14.3 Å². The Morgan fingerprint density at radius 1 is 1.15 bits per heavy atom. The van der Waals surface area contributed by atoms with Gasteiger partial charge in [-0.25, -0.2) is 4.79 Å². The summed E-state index contributed by atoms with van der Waals surface area (Å²) in [6.45, 7) is 6.37. The standard InChI is InChI=1S/C16H27NO3/c1-16(2,3)20-15(19)17-11-7-9-13(17)12-8-5-4-6-10-14(12)18/h12-13H,4-11H2,1-3H3. The number of nitrogens with zero attached hydrogens (tertiary/aromatic N) is 1. The van der Waals surface area contributed by atoms with Gasteiger partial charge in [0.2, 0.25) is 0 Å². The molecule has 0 bridgehead atoms. The highest BCUT2D eigenvalue weighted by Crippen LogP contribution is 2.32. The van der Waals surface area contributed by atoms with E-state index >= 15 is 0 Å². The molecule has 1 heterocycles. The number of carbonyl (C=O) groups is 2. The van der Waals surface area contributed by atoms with Crippen molar-refractivity contribution in [2.45, 2.75) is 77.4 Å². The Kier molecular flexibility index (Phi) is 4.71. The molecule has 0 radical (unpaired) electrons.